The highest BCUT2D eigenvalue weighted by molar-refractivity contribution is 9.10. The van der Waals surface area contributed by atoms with Gasteiger partial charge in [-0.1, -0.05) is 0 Å². The van der Waals surface area contributed by atoms with E-state index in [-0.39, 0.29) is 10.6 Å². The Kier molecular flexibility index (Phi) is 4.88. The summed E-state index contributed by atoms with van der Waals surface area (Å²) in [6.07, 6.45) is 0. The van der Waals surface area contributed by atoms with E-state index in [1.54, 1.807) is 4.72 Å². The van der Waals surface area contributed by atoms with Crippen LogP contribution in [0, 0.1) is 6.92 Å². The van der Waals surface area contributed by atoms with Gasteiger partial charge in [0, 0.05) is 10.2 Å². The summed E-state index contributed by atoms with van der Waals surface area (Å²) in [5.74, 6) is -3.51. The zero-order valence-electron chi connectivity index (χ0n) is 9.95. The predicted molar refractivity (Wildman–Crippen MR) is 70.5 cm³/mol. The van der Waals surface area contributed by atoms with E-state index in [4.69, 9.17) is 10.8 Å². The van der Waals surface area contributed by atoms with Gasteiger partial charge in [-0.2, -0.15) is 0 Å². The van der Waals surface area contributed by atoms with Crippen LogP contribution in [0.25, 0.3) is 0 Å². The number of hydrogen-bond acceptors (Lipinski definition) is 4. The van der Waals surface area contributed by atoms with Gasteiger partial charge in [-0.15, -0.1) is 0 Å². The molecule has 1 aromatic carbocycles. The van der Waals surface area contributed by atoms with E-state index in [9.17, 15) is 17.2 Å². The summed E-state index contributed by atoms with van der Waals surface area (Å²) < 4.78 is 51.7. The molecule has 5 nitrogen and oxygen atoms in total. The van der Waals surface area contributed by atoms with Crippen molar-refractivity contribution in [1.82, 2.24) is 4.72 Å². The molecule has 0 saturated carbocycles. The Hall–Kier alpha value is -0.770. The summed E-state index contributed by atoms with van der Waals surface area (Å²) in [6.45, 7) is -1.10. The highest BCUT2D eigenvalue weighted by Gasteiger charge is 2.30. The van der Waals surface area contributed by atoms with E-state index in [0.717, 1.165) is 0 Å². The summed E-state index contributed by atoms with van der Waals surface area (Å²) in [6, 6.07) is 2.66. The largest absolute Gasteiger partial charge is 0.398 e. The van der Waals surface area contributed by atoms with Crippen molar-refractivity contribution in [1.29, 1.82) is 0 Å². The van der Waals surface area contributed by atoms with Gasteiger partial charge in [0.25, 0.3) is 5.92 Å². The number of aliphatic hydroxyl groups excluding tert-OH is 1. The summed E-state index contributed by atoms with van der Waals surface area (Å²) in [5.41, 5.74) is 6.11. The number of sulfonamides is 1. The van der Waals surface area contributed by atoms with Gasteiger partial charge in [0.15, 0.2) is 0 Å². The smallest absolute Gasteiger partial charge is 0.283 e. The lowest BCUT2D eigenvalue weighted by Crippen LogP contribution is -2.39. The second-order valence-electron chi connectivity index (χ2n) is 3.98. The van der Waals surface area contributed by atoms with E-state index in [0.29, 0.717) is 10.0 Å². The van der Waals surface area contributed by atoms with Crippen LogP contribution in [0.1, 0.15) is 5.56 Å². The van der Waals surface area contributed by atoms with Gasteiger partial charge in [-0.25, -0.2) is 21.9 Å². The Morgan fingerprint density at radius 1 is 1.47 bits per heavy atom. The molecule has 0 atom stereocenters. The van der Waals surface area contributed by atoms with Crippen LogP contribution in [0.15, 0.2) is 21.5 Å². The highest BCUT2D eigenvalue weighted by atomic mass is 79.9. The maximum absolute atomic E-state index is 12.8. The van der Waals surface area contributed by atoms with Crippen LogP contribution in [-0.4, -0.2) is 32.6 Å². The molecular formula is C10H13BrF2N2O3S. The number of nitrogens with one attached hydrogen (secondary N) is 1. The minimum Gasteiger partial charge on any atom is -0.398 e. The highest BCUT2D eigenvalue weighted by Crippen LogP contribution is 2.26. The molecule has 0 bridgehead atoms. The molecule has 0 spiro atoms. The van der Waals surface area contributed by atoms with E-state index < -0.39 is 29.1 Å². The van der Waals surface area contributed by atoms with Crippen LogP contribution >= 0.6 is 15.9 Å². The number of rotatable bonds is 5. The minimum absolute atomic E-state index is 0.179. The lowest BCUT2D eigenvalue weighted by Gasteiger charge is -2.15. The average Bonchev–Trinajstić information content (AvgIpc) is 2.31. The molecule has 0 saturated heterocycles. The number of aryl methyl sites for hydroxylation is 1. The molecule has 108 valence electrons. The third-order valence-corrected chi connectivity index (χ3v) is 4.57. The zero-order valence-corrected chi connectivity index (χ0v) is 12.4. The third-order valence-electron chi connectivity index (χ3n) is 2.34. The zero-order chi connectivity index (χ0) is 14.8. The molecular weight excluding hydrogens is 346 g/mol. The van der Waals surface area contributed by atoms with Crippen LogP contribution in [0.3, 0.4) is 0 Å². The Balaban J connectivity index is 3.05. The monoisotopic (exact) mass is 358 g/mol. The molecule has 0 fully saturated rings. The number of anilines is 1. The third kappa shape index (κ3) is 4.10. The Labute approximate surface area is 118 Å². The van der Waals surface area contributed by atoms with E-state index in [1.807, 2.05) is 0 Å². The van der Waals surface area contributed by atoms with Crippen molar-refractivity contribution in [3.63, 3.8) is 0 Å². The fourth-order valence-corrected chi connectivity index (χ4v) is 3.07. The first kappa shape index (κ1) is 16.3. The molecule has 0 unspecified atom stereocenters. The quantitative estimate of drug-likeness (QED) is 0.690. The number of aliphatic hydroxyl groups is 1. The standard InChI is InChI=1S/C10H13BrF2N2O3S/c1-6-2-7(11)8(14)3-9(6)19(17,18)15-4-10(12,13)5-16/h2-3,15-16H,4-5,14H2,1H3. The molecule has 1 aromatic rings. The molecule has 0 aliphatic rings. The average molecular weight is 359 g/mol. The molecule has 0 aliphatic heterocycles. The molecule has 0 heterocycles. The number of nitrogens with two attached hydrogens (primary N) is 1. The second kappa shape index (κ2) is 5.70. The van der Waals surface area contributed by atoms with Crippen LogP contribution < -0.4 is 10.5 Å². The Morgan fingerprint density at radius 2 is 2.05 bits per heavy atom. The molecule has 19 heavy (non-hydrogen) atoms. The van der Waals surface area contributed by atoms with Crippen LogP contribution in [-0.2, 0) is 10.0 Å². The lowest BCUT2D eigenvalue weighted by atomic mass is 10.2. The molecule has 1 rings (SSSR count). The van der Waals surface area contributed by atoms with Crippen molar-refractivity contribution < 1.29 is 22.3 Å². The Bertz CT molecular complexity index is 578. The van der Waals surface area contributed by atoms with Gasteiger partial charge in [-0.3, -0.25) is 0 Å². The summed E-state index contributed by atoms with van der Waals surface area (Å²) in [5, 5.41) is 8.39. The first-order valence-corrected chi connectivity index (χ1v) is 7.40. The van der Waals surface area contributed by atoms with Gasteiger partial charge < -0.3 is 10.8 Å². The van der Waals surface area contributed by atoms with Gasteiger partial charge in [0.05, 0.1) is 11.4 Å². The molecule has 0 amide bonds. The van der Waals surface area contributed by atoms with E-state index >= 15 is 0 Å². The van der Waals surface area contributed by atoms with Crippen molar-refractivity contribution in [2.75, 3.05) is 18.9 Å². The number of halogens is 3. The maximum atomic E-state index is 12.8. The number of benzene rings is 1. The summed E-state index contributed by atoms with van der Waals surface area (Å²) >= 11 is 3.14. The number of hydrogen-bond donors (Lipinski definition) is 3. The SMILES string of the molecule is Cc1cc(Br)c(N)cc1S(=O)(=O)NCC(F)(F)CO. The second-order valence-corrected chi connectivity index (χ2v) is 6.57. The van der Waals surface area contributed by atoms with Crippen molar-refractivity contribution in [2.45, 2.75) is 17.7 Å². The molecule has 9 heteroatoms. The molecule has 0 radical (unpaired) electrons. The predicted octanol–water partition coefficient (Wildman–Crippen LogP) is 1.25. The fourth-order valence-electron chi connectivity index (χ4n) is 1.29. The maximum Gasteiger partial charge on any atom is 0.283 e. The lowest BCUT2D eigenvalue weighted by molar-refractivity contribution is -0.0437. The van der Waals surface area contributed by atoms with E-state index in [1.165, 1.54) is 19.1 Å². The Morgan fingerprint density at radius 3 is 2.58 bits per heavy atom. The van der Waals surface area contributed by atoms with Crippen LogP contribution in [0.2, 0.25) is 0 Å². The van der Waals surface area contributed by atoms with Crippen LogP contribution in [0.5, 0.6) is 0 Å². The minimum atomic E-state index is -4.12. The first-order valence-electron chi connectivity index (χ1n) is 5.13. The topological polar surface area (TPSA) is 92.4 Å². The molecule has 4 N–H and O–H groups in total. The van der Waals surface area contributed by atoms with Gasteiger partial charge in [-0.05, 0) is 40.5 Å². The summed E-state index contributed by atoms with van der Waals surface area (Å²) in [7, 11) is -4.12. The number of alkyl halides is 2. The summed E-state index contributed by atoms with van der Waals surface area (Å²) in [4.78, 5) is -0.179. The molecule has 0 aromatic heterocycles. The first-order chi connectivity index (χ1) is 8.59. The van der Waals surface area contributed by atoms with E-state index in [2.05, 4.69) is 15.9 Å². The van der Waals surface area contributed by atoms with Gasteiger partial charge >= 0.3 is 0 Å². The fraction of sp³-hybridized carbons (Fsp3) is 0.400. The van der Waals surface area contributed by atoms with Crippen molar-refractivity contribution in [2.24, 2.45) is 0 Å². The van der Waals surface area contributed by atoms with Crippen molar-refractivity contribution >= 4 is 31.6 Å². The van der Waals surface area contributed by atoms with Crippen LogP contribution in [0.4, 0.5) is 14.5 Å². The van der Waals surface area contributed by atoms with Gasteiger partial charge in [0.1, 0.15) is 6.61 Å². The van der Waals surface area contributed by atoms with Crippen molar-refractivity contribution in [3.05, 3.63) is 22.2 Å². The molecule has 0 aliphatic carbocycles. The van der Waals surface area contributed by atoms with Gasteiger partial charge in [0.2, 0.25) is 10.0 Å². The van der Waals surface area contributed by atoms with Crippen molar-refractivity contribution in [3.8, 4) is 0 Å². The number of nitrogen functional groups attached to an aromatic ring is 1. The normalized spacial score (nSPS) is 12.7.